The van der Waals surface area contributed by atoms with Crippen molar-refractivity contribution in [3.8, 4) is 0 Å². The molecule has 1 aliphatic carbocycles. The SMILES string of the molecule is C[Si](C)(C)/C=C/CCC1CCCCC1. The zero-order valence-electron chi connectivity index (χ0n) is 10.2. The molecule has 0 bridgehead atoms. The fourth-order valence-electron chi connectivity index (χ4n) is 2.24. The molecule has 0 N–H and O–H groups in total. The number of hydrogen-bond donors (Lipinski definition) is 0. The Morgan fingerprint density at radius 2 is 1.71 bits per heavy atom. The van der Waals surface area contributed by atoms with Crippen molar-refractivity contribution < 1.29 is 0 Å². The highest BCUT2D eigenvalue weighted by Crippen LogP contribution is 2.27. The Labute approximate surface area is 90.8 Å². The van der Waals surface area contributed by atoms with Gasteiger partial charge in [0.25, 0.3) is 0 Å². The Morgan fingerprint density at radius 3 is 2.29 bits per heavy atom. The predicted molar refractivity (Wildman–Crippen MR) is 68.3 cm³/mol. The molecule has 0 atom stereocenters. The van der Waals surface area contributed by atoms with Crippen LogP contribution in [0.2, 0.25) is 19.6 Å². The van der Waals surface area contributed by atoms with E-state index >= 15 is 0 Å². The van der Waals surface area contributed by atoms with Crippen LogP contribution in [0.4, 0.5) is 0 Å². The molecule has 0 unspecified atom stereocenters. The second-order valence-corrected chi connectivity index (χ2v) is 10.9. The largest absolute Gasteiger partial charge is 0.0989 e. The Kier molecular flexibility index (Phi) is 4.94. The van der Waals surface area contributed by atoms with Crippen LogP contribution in [0.3, 0.4) is 0 Å². The van der Waals surface area contributed by atoms with Crippen molar-refractivity contribution in [2.45, 2.75) is 64.6 Å². The van der Waals surface area contributed by atoms with E-state index in [1.54, 1.807) is 0 Å². The molecular weight excluding hydrogens is 184 g/mol. The summed E-state index contributed by atoms with van der Waals surface area (Å²) in [7, 11) is -0.924. The third kappa shape index (κ3) is 5.64. The fraction of sp³-hybridized carbons (Fsp3) is 0.846. The van der Waals surface area contributed by atoms with Crippen LogP contribution < -0.4 is 0 Å². The van der Waals surface area contributed by atoms with Gasteiger partial charge in [0, 0.05) is 0 Å². The lowest BCUT2D eigenvalue weighted by atomic mass is 9.86. The van der Waals surface area contributed by atoms with Crippen LogP contribution in [0.1, 0.15) is 44.9 Å². The standard InChI is InChI=1S/C13H26Si/c1-14(2,3)12-8-7-11-13-9-5-4-6-10-13/h8,12-13H,4-7,9-11H2,1-3H3/b12-8+. The zero-order valence-corrected chi connectivity index (χ0v) is 11.2. The second kappa shape index (κ2) is 5.74. The van der Waals surface area contributed by atoms with E-state index in [9.17, 15) is 0 Å². The number of hydrogen-bond acceptors (Lipinski definition) is 0. The Morgan fingerprint density at radius 1 is 1.07 bits per heavy atom. The minimum Gasteiger partial charge on any atom is -0.0989 e. The predicted octanol–water partition coefficient (Wildman–Crippen LogP) is 4.78. The van der Waals surface area contributed by atoms with Gasteiger partial charge in [-0.2, -0.15) is 0 Å². The lowest BCUT2D eigenvalue weighted by Gasteiger charge is -2.20. The van der Waals surface area contributed by atoms with Gasteiger partial charge in [0.1, 0.15) is 0 Å². The highest BCUT2D eigenvalue weighted by molar-refractivity contribution is 6.80. The van der Waals surface area contributed by atoms with E-state index in [1.165, 1.54) is 44.9 Å². The number of rotatable bonds is 4. The lowest BCUT2D eigenvalue weighted by Crippen LogP contribution is -2.15. The van der Waals surface area contributed by atoms with E-state index < -0.39 is 8.07 Å². The summed E-state index contributed by atoms with van der Waals surface area (Å²) in [5.41, 5.74) is 2.50. The third-order valence-electron chi connectivity index (χ3n) is 3.08. The van der Waals surface area contributed by atoms with Crippen LogP contribution in [-0.2, 0) is 0 Å². The molecule has 0 aliphatic heterocycles. The first-order valence-electron chi connectivity index (χ1n) is 6.26. The summed E-state index contributed by atoms with van der Waals surface area (Å²) in [6, 6.07) is 0. The van der Waals surface area contributed by atoms with E-state index in [0.29, 0.717) is 0 Å². The van der Waals surface area contributed by atoms with Gasteiger partial charge in [-0.05, 0) is 18.8 Å². The second-order valence-electron chi connectivity index (χ2n) is 5.85. The molecule has 1 rings (SSSR count). The van der Waals surface area contributed by atoms with Crippen LogP contribution in [-0.4, -0.2) is 8.07 Å². The van der Waals surface area contributed by atoms with Crippen LogP contribution in [0.15, 0.2) is 11.8 Å². The monoisotopic (exact) mass is 210 g/mol. The van der Waals surface area contributed by atoms with E-state index in [4.69, 9.17) is 0 Å². The fourth-order valence-corrected chi connectivity index (χ4v) is 3.12. The van der Waals surface area contributed by atoms with E-state index in [0.717, 1.165) is 5.92 Å². The Bertz CT molecular complexity index is 170. The zero-order chi connectivity index (χ0) is 10.4. The van der Waals surface area contributed by atoms with Crippen LogP contribution in [0.5, 0.6) is 0 Å². The topological polar surface area (TPSA) is 0 Å². The molecule has 0 saturated heterocycles. The maximum Gasteiger partial charge on any atom is 0.0682 e. The van der Waals surface area contributed by atoms with Crippen molar-refractivity contribution in [3.05, 3.63) is 11.8 Å². The minimum absolute atomic E-state index is 0.924. The Balaban J connectivity index is 2.11. The van der Waals surface area contributed by atoms with E-state index in [1.807, 2.05) is 0 Å². The Hall–Kier alpha value is -0.0431. The van der Waals surface area contributed by atoms with Gasteiger partial charge in [-0.3, -0.25) is 0 Å². The maximum absolute atomic E-state index is 2.50. The van der Waals surface area contributed by atoms with Crippen LogP contribution in [0, 0.1) is 5.92 Å². The summed E-state index contributed by atoms with van der Waals surface area (Å²) >= 11 is 0. The smallest absolute Gasteiger partial charge is 0.0682 e. The van der Waals surface area contributed by atoms with Crippen molar-refractivity contribution in [1.82, 2.24) is 0 Å². The van der Waals surface area contributed by atoms with Crippen molar-refractivity contribution in [3.63, 3.8) is 0 Å². The summed E-state index contributed by atoms with van der Waals surface area (Å²) in [4.78, 5) is 0. The molecule has 0 radical (unpaired) electrons. The first-order valence-corrected chi connectivity index (χ1v) is 9.83. The van der Waals surface area contributed by atoms with E-state index in [-0.39, 0.29) is 0 Å². The molecule has 0 amide bonds. The molecule has 1 saturated carbocycles. The summed E-state index contributed by atoms with van der Waals surface area (Å²) in [6.07, 6.45) is 12.7. The minimum atomic E-state index is -0.924. The molecule has 0 nitrogen and oxygen atoms in total. The highest BCUT2D eigenvalue weighted by atomic mass is 28.3. The number of allylic oxidation sites excluding steroid dienone is 1. The molecule has 1 fully saturated rings. The molecule has 0 spiro atoms. The van der Waals surface area contributed by atoms with Gasteiger partial charge in [-0.1, -0.05) is 63.5 Å². The summed E-state index contributed by atoms with van der Waals surface area (Å²) in [5.74, 6) is 1.05. The van der Waals surface area contributed by atoms with Gasteiger partial charge in [0.15, 0.2) is 0 Å². The normalized spacial score (nSPS) is 20.5. The summed E-state index contributed by atoms with van der Waals surface area (Å²) < 4.78 is 0. The molecule has 0 aromatic rings. The van der Waals surface area contributed by atoms with Crippen molar-refractivity contribution in [1.29, 1.82) is 0 Å². The lowest BCUT2D eigenvalue weighted by molar-refractivity contribution is 0.341. The average molecular weight is 210 g/mol. The third-order valence-corrected chi connectivity index (χ3v) is 4.32. The molecule has 82 valence electrons. The molecule has 0 aromatic heterocycles. The molecule has 0 heterocycles. The quantitative estimate of drug-likeness (QED) is 0.586. The van der Waals surface area contributed by atoms with Crippen molar-refractivity contribution in [2.24, 2.45) is 5.92 Å². The average Bonchev–Trinajstić information content (AvgIpc) is 2.13. The molecule has 14 heavy (non-hydrogen) atoms. The van der Waals surface area contributed by atoms with Gasteiger partial charge >= 0.3 is 0 Å². The highest BCUT2D eigenvalue weighted by Gasteiger charge is 2.12. The molecule has 1 aliphatic rings. The van der Waals surface area contributed by atoms with Gasteiger partial charge in [0.05, 0.1) is 8.07 Å². The van der Waals surface area contributed by atoms with Gasteiger partial charge in [0.2, 0.25) is 0 Å². The van der Waals surface area contributed by atoms with Crippen molar-refractivity contribution in [2.75, 3.05) is 0 Å². The van der Waals surface area contributed by atoms with Crippen molar-refractivity contribution >= 4 is 8.07 Å². The molecular formula is C13H26Si. The van der Waals surface area contributed by atoms with Gasteiger partial charge < -0.3 is 0 Å². The van der Waals surface area contributed by atoms with E-state index in [2.05, 4.69) is 31.4 Å². The summed E-state index contributed by atoms with van der Waals surface area (Å²) in [6.45, 7) is 7.22. The van der Waals surface area contributed by atoms with Gasteiger partial charge in [-0.25, -0.2) is 0 Å². The molecule has 0 aromatic carbocycles. The summed E-state index contributed by atoms with van der Waals surface area (Å²) in [5, 5.41) is 0. The molecule has 1 heteroatoms. The first-order chi connectivity index (χ1) is 6.58. The van der Waals surface area contributed by atoms with Gasteiger partial charge in [-0.15, -0.1) is 0 Å². The first kappa shape index (κ1) is 12.0. The van der Waals surface area contributed by atoms with Crippen LogP contribution >= 0.6 is 0 Å². The maximum atomic E-state index is 2.50. The van der Waals surface area contributed by atoms with Crippen LogP contribution in [0.25, 0.3) is 0 Å².